The maximum Gasteiger partial charge on any atom is 0.407 e. The number of carboxylic acids is 1. The van der Waals surface area contributed by atoms with Gasteiger partial charge in [0.1, 0.15) is 37.3 Å². The molecule has 0 unspecified atom stereocenters. The number of alkyl carbamates (subject to hydrolysis) is 1. The second-order valence-corrected chi connectivity index (χ2v) is 12.6. The Balaban J connectivity index is 1.41. The van der Waals surface area contributed by atoms with E-state index in [1.165, 1.54) is 9.80 Å². The largest absolute Gasteiger partial charge is 0.480 e. The molecule has 48 heavy (non-hydrogen) atoms. The Labute approximate surface area is 280 Å². The molecular weight excluding hydrogens is 618 g/mol. The molecule has 2 aliphatic heterocycles. The van der Waals surface area contributed by atoms with E-state index >= 15 is 0 Å². The number of nitrogens with one attached hydrogen (secondary N) is 3. The van der Waals surface area contributed by atoms with E-state index in [2.05, 4.69) is 16.0 Å². The third kappa shape index (κ3) is 10.0. The van der Waals surface area contributed by atoms with Gasteiger partial charge < -0.3 is 35.6 Å². The first-order chi connectivity index (χ1) is 23.0. The number of benzene rings is 2. The second-order valence-electron chi connectivity index (χ2n) is 12.6. The van der Waals surface area contributed by atoms with Crippen LogP contribution in [0.15, 0.2) is 60.7 Å². The van der Waals surface area contributed by atoms with Crippen LogP contribution in [0.4, 0.5) is 4.79 Å². The van der Waals surface area contributed by atoms with Gasteiger partial charge in [-0.15, -0.1) is 0 Å². The van der Waals surface area contributed by atoms with Crippen molar-refractivity contribution in [2.24, 2.45) is 5.92 Å². The van der Waals surface area contributed by atoms with Crippen molar-refractivity contribution in [1.82, 2.24) is 25.8 Å². The van der Waals surface area contributed by atoms with Crippen LogP contribution in [0.1, 0.15) is 57.1 Å². The molecule has 2 heterocycles. The number of aliphatic carboxylic acids is 1. The summed E-state index contributed by atoms with van der Waals surface area (Å²) >= 11 is 0. The SMILES string of the molecule is CC(C)C[C@H](NC(=O)[C@@H]1CCCN1C(=O)[C@H](Cc1ccccc1)NC(=O)[C@@H]1CCCN1C(=O)CNC(=O)OCc1ccccc1)C(=O)O. The third-order valence-corrected chi connectivity index (χ3v) is 8.53. The summed E-state index contributed by atoms with van der Waals surface area (Å²) in [4.78, 5) is 80.9. The molecule has 0 aliphatic carbocycles. The molecule has 2 fully saturated rings. The molecule has 2 aliphatic rings. The van der Waals surface area contributed by atoms with Gasteiger partial charge in [0, 0.05) is 19.5 Å². The van der Waals surface area contributed by atoms with Gasteiger partial charge in [-0.3, -0.25) is 19.2 Å². The van der Waals surface area contributed by atoms with Gasteiger partial charge in [-0.2, -0.15) is 0 Å². The van der Waals surface area contributed by atoms with E-state index in [-0.39, 0.29) is 38.5 Å². The number of carbonyl (C=O) groups is 6. The number of hydrogen-bond donors (Lipinski definition) is 4. The average Bonchev–Trinajstić information content (AvgIpc) is 3.77. The van der Waals surface area contributed by atoms with Crippen LogP contribution in [-0.2, 0) is 41.7 Å². The molecule has 2 aromatic carbocycles. The topological polar surface area (TPSA) is 174 Å². The highest BCUT2D eigenvalue weighted by Crippen LogP contribution is 2.22. The Morgan fingerprint density at radius 1 is 0.792 bits per heavy atom. The minimum absolute atomic E-state index is 0.0319. The number of nitrogens with zero attached hydrogens (tertiary/aromatic N) is 2. The Hall–Kier alpha value is -4.94. The Morgan fingerprint density at radius 2 is 1.33 bits per heavy atom. The lowest BCUT2D eigenvalue weighted by Gasteiger charge is -2.31. The lowest BCUT2D eigenvalue weighted by atomic mass is 10.0. The number of likely N-dealkylation sites (tertiary alicyclic amines) is 2. The van der Waals surface area contributed by atoms with Crippen LogP contribution in [0.25, 0.3) is 0 Å². The predicted molar refractivity (Wildman–Crippen MR) is 175 cm³/mol. The van der Waals surface area contributed by atoms with Gasteiger partial charge in [0.2, 0.25) is 23.6 Å². The quantitative estimate of drug-likeness (QED) is 0.238. The van der Waals surface area contributed by atoms with Crippen LogP contribution in [0.5, 0.6) is 0 Å². The summed E-state index contributed by atoms with van der Waals surface area (Å²) in [7, 11) is 0. The normalized spacial score (nSPS) is 18.6. The van der Waals surface area contributed by atoms with Crippen molar-refractivity contribution in [3.63, 3.8) is 0 Å². The van der Waals surface area contributed by atoms with Gasteiger partial charge in [0.15, 0.2) is 0 Å². The zero-order valence-electron chi connectivity index (χ0n) is 27.4. The highest BCUT2D eigenvalue weighted by atomic mass is 16.5. The van der Waals surface area contributed by atoms with E-state index in [0.29, 0.717) is 32.2 Å². The van der Waals surface area contributed by atoms with Crippen molar-refractivity contribution in [1.29, 1.82) is 0 Å². The van der Waals surface area contributed by atoms with Crippen molar-refractivity contribution in [3.8, 4) is 0 Å². The van der Waals surface area contributed by atoms with E-state index in [0.717, 1.165) is 11.1 Å². The molecule has 0 saturated carbocycles. The minimum Gasteiger partial charge on any atom is -0.480 e. The average molecular weight is 664 g/mol. The van der Waals surface area contributed by atoms with Crippen molar-refractivity contribution in [3.05, 3.63) is 71.8 Å². The van der Waals surface area contributed by atoms with Gasteiger partial charge in [-0.05, 0) is 49.1 Å². The molecule has 5 amide bonds. The summed E-state index contributed by atoms with van der Waals surface area (Å²) in [6.45, 7) is 4.00. The molecule has 2 saturated heterocycles. The van der Waals surface area contributed by atoms with Crippen LogP contribution >= 0.6 is 0 Å². The first kappa shape index (κ1) is 35.9. The van der Waals surface area contributed by atoms with E-state index < -0.39 is 59.9 Å². The molecule has 0 spiro atoms. The number of carboxylic acid groups (broad SMARTS) is 1. The van der Waals surface area contributed by atoms with Crippen LogP contribution in [0, 0.1) is 5.92 Å². The molecule has 13 nitrogen and oxygen atoms in total. The highest BCUT2D eigenvalue weighted by Gasteiger charge is 2.41. The number of amides is 5. The fourth-order valence-corrected chi connectivity index (χ4v) is 6.14. The second kappa shape index (κ2) is 17.3. The molecule has 4 atom stereocenters. The molecule has 13 heteroatoms. The van der Waals surface area contributed by atoms with Gasteiger partial charge in [-0.1, -0.05) is 74.5 Å². The van der Waals surface area contributed by atoms with Gasteiger partial charge >= 0.3 is 12.1 Å². The van der Waals surface area contributed by atoms with Crippen molar-refractivity contribution in [2.75, 3.05) is 19.6 Å². The number of carbonyl (C=O) groups excluding carboxylic acids is 5. The lowest BCUT2D eigenvalue weighted by Crippen LogP contribution is -2.58. The predicted octanol–water partition coefficient (Wildman–Crippen LogP) is 2.24. The van der Waals surface area contributed by atoms with Crippen LogP contribution in [0.3, 0.4) is 0 Å². The minimum atomic E-state index is -1.14. The zero-order chi connectivity index (χ0) is 34.6. The smallest absolute Gasteiger partial charge is 0.407 e. The maximum absolute atomic E-state index is 14.0. The first-order valence-corrected chi connectivity index (χ1v) is 16.5. The molecule has 4 N–H and O–H groups in total. The molecule has 0 aromatic heterocycles. The summed E-state index contributed by atoms with van der Waals surface area (Å²) < 4.78 is 5.17. The van der Waals surface area contributed by atoms with Crippen LogP contribution in [0.2, 0.25) is 0 Å². The highest BCUT2D eigenvalue weighted by molar-refractivity contribution is 5.96. The number of ether oxygens (including phenoxy) is 1. The maximum atomic E-state index is 14.0. The van der Waals surface area contributed by atoms with Crippen LogP contribution in [-0.4, -0.2) is 94.4 Å². The van der Waals surface area contributed by atoms with Crippen LogP contribution < -0.4 is 16.0 Å². The monoisotopic (exact) mass is 663 g/mol. The summed E-state index contributed by atoms with van der Waals surface area (Å²) in [5, 5.41) is 17.5. The van der Waals surface area contributed by atoms with Gasteiger partial charge in [-0.25, -0.2) is 9.59 Å². The molecule has 4 rings (SSSR count). The fraction of sp³-hybridized carbons (Fsp3) is 0.486. The van der Waals surface area contributed by atoms with Gasteiger partial charge in [0.25, 0.3) is 0 Å². The number of hydrogen-bond acceptors (Lipinski definition) is 7. The molecule has 258 valence electrons. The summed E-state index contributed by atoms with van der Waals surface area (Å²) in [5.41, 5.74) is 1.59. The van der Waals surface area contributed by atoms with E-state index in [1.54, 1.807) is 0 Å². The summed E-state index contributed by atoms with van der Waals surface area (Å²) in [6, 6.07) is 14.4. The molecule has 0 bridgehead atoms. The fourth-order valence-electron chi connectivity index (χ4n) is 6.14. The third-order valence-electron chi connectivity index (χ3n) is 8.53. The standard InChI is InChI=1S/C35H45N5O8/c1-23(2)19-27(34(45)46)38-32(43)29-16-10-18-40(29)33(44)26(20-24-11-5-3-6-12-24)37-31(42)28-15-9-17-39(28)30(41)21-36-35(47)48-22-25-13-7-4-8-14-25/h3-8,11-14,23,26-29H,9-10,15-22H2,1-2H3,(H,36,47)(H,37,42)(H,38,43)(H,45,46)/t26-,27-,28-,29-/m0/s1. The molecule has 2 aromatic rings. The first-order valence-electron chi connectivity index (χ1n) is 16.5. The lowest BCUT2D eigenvalue weighted by molar-refractivity contribution is -0.145. The van der Waals surface area contributed by atoms with Crippen molar-refractivity contribution >= 4 is 35.7 Å². The Kier molecular flexibility index (Phi) is 12.9. The zero-order valence-corrected chi connectivity index (χ0v) is 27.4. The van der Waals surface area contributed by atoms with Crippen molar-refractivity contribution in [2.45, 2.75) is 83.1 Å². The summed E-state index contributed by atoms with van der Waals surface area (Å²) in [6.07, 6.45) is 1.49. The molecule has 0 radical (unpaired) electrons. The molecular formula is C35H45N5O8. The Morgan fingerprint density at radius 3 is 1.92 bits per heavy atom. The Bertz CT molecular complexity index is 1440. The van der Waals surface area contributed by atoms with E-state index in [1.807, 2.05) is 74.5 Å². The number of rotatable bonds is 14. The summed E-state index contributed by atoms with van der Waals surface area (Å²) in [5.74, 6) is -3.08. The van der Waals surface area contributed by atoms with Crippen molar-refractivity contribution < 1.29 is 38.6 Å². The van der Waals surface area contributed by atoms with Gasteiger partial charge in [0.05, 0.1) is 0 Å². The van der Waals surface area contributed by atoms with E-state index in [4.69, 9.17) is 4.74 Å². The van der Waals surface area contributed by atoms with E-state index in [9.17, 15) is 33.9 Å².